The average molecular weight is 272 g/mol. The Morgan fingerprint density at radius 3 is 2.61 bits per heavy atom. The maximum Gasteiger partial charge on any atom is 0.279 e. The highest BCUT2D eigenvalue weighted by atomic mass is 32.2. The molecule has 7 heteroatoms. The molecule has 0 aliphatic carbocycles. The first kappa shape index (κ1) is 13.5. The molecule has 1 fully saturated rings. The maximum atomic E-state index is 11.8. The van der Waals surface area contributed by atoms with E-state index in [0.29, 0.717) is 19.6 Å². The number of nitrogens with one attached hydrogen (secondary N) is 1. The van der Waals surface area contributed by atoms with E-state index in [0.717, 1.165) is 17.1 Å². The van der Waals surface area contributed by atoms with E-state index in [-0.39, 0.29) is 6.04 Å². The Bertz CT molecular complexity index is 509. The fraction of sp³-hybridized carbons (Fsp3) is 0.727. The summed E-state index contributed by atoms with van der Waals surface area (Å²) in [6, 6.07) is 0.133. The van der Waals surface area contributed by atoms with Gasteiger partial charge in [0, 0.05) is 25.8 Å². The van der Waals surface area contributed by atoms with Crippen LogP contribution in [0.2, 0.25) is 0 Å². The molecular formula is C11H20N4O2S. The second kappa shape index (κ2) is 4.64. The van der Waals surface area contributed by atoms with Crippen LogP contribution in [0.15, 0.2) is 16.3 Å². The molecule has 0 aromatic heterocycles. The van der Waals surface area contributed by atoms with Crippen LogP contribution in [0.3, 0.4) is 0 Å². The molecule has 102 valence electrons. The molecule has 0 aromatic rings. The van der Waals surface area contributed by atoms with Gasteiger partial charge < -0.3 is 4.90 Å². The van der Waals surface area contributed by atoms with Gasteiger partial charge in [-0.25, -0.2) is 4.72 Å². The number of amidine groups is 1. The van der Waals surface area contributed by atoms with Gasteiger partial charge in [0.1, 0.15) is 5.84 Å². The van der Waals surface area contributed by atoms with Gasteiger partial charge in [-0.05, 0) is 26.3 Å². The zero-order valence-corrected chi connectivity index (χ0v) is 12.1. The Labute approximate surface area is 109 Å². The minimum Gasteiger partial charge on any atom is -0.331 e. The second-order valence-electron chi connectivity index (χ2n) is 4.68. The van der Waals surface area contributed by atoms with Crippen LogP contribution in [-0.4, -0.2) is 56.2 Å². The molecule has 1 unspecified atom stereocenters. The number of rotatable bonds is 2. The number of hydrogen-bond donors (Lipinski definition) is 1. The molecule has 2 aliphatic heterocycles. The van der Waals surface area contributed by atoms with E-state index in [1.807, 2.05) is 20.8 Å². The third-order valence-corrected chi connectivity index (χ3v) is 5.18. The van der Waals surface area contributed by atoms with Crippen LogP contribution in [-0.2, 0) is 10.2 Å². The normalized spacial score (nSPS) is 26.1. The minimum absolute atomic E-state index is 0.133. The lowest BCUT2D eigenvalue weighted by Crippen LogP contribution is -2.53. The van der Waals surface area contributed by atoms with Crippen LogP contribution in [0, 0.1) is 0 Å². The summed E-state index contributed by atoms with van der Waals surface area (Å²) in [6.07, 6.45) is 0. The van der Waals surface area contributed by atoms with Crippen LogP contribution >= 0.6 is 0 Å². The third kappa shape index (κ3) is 2.17. The number of fused-ring (bicyclic) bond motifs is 1. The Morgan fingerprint density at radius 2 is 2.00 bits per heavy atom. The van der Waals surface area contributed by atoms with Crippen LogP contribution in [0.4, 0.5) is 0 Å². The van der Waals surface area contributed by atoms with E-state index in [1.54, 1.807) is 0 Å². The first-order valence-electron chi connectivity index (χ1n) is 6.07. The molecule has 0 bridgehead atoms. The highest BCUT2D eigenvalue weighted by Crippen LogP contribution is 2.26. The van der Waals surface area contributed by atoms with Crippen LogP contribution in [0.25, 0.3) is 0 Å². The summed E-state index contributed by atoms with van der Waals surface area (Å²) < 4.78 is 27.5. The van der Waals surface area contributed by atoms with Gasteiger partial charge in [0.2, 0.25) is 0 Å². The lowest BCUT2D eigenvalue weighted by molar-refractivity contribution is 0.304. The van der Waals surface area contributed by atoms with E-state index in [4.69, 9.17) is 0 Å². The summed E-state index contributed by atoms with van der Waals surface area (Å²) in [6.45, 7) is 7.61. The van der Waals surface area contributed by atoms with E-state index in [9.17, 15) is 8.42 Å². The van der Waals surface area contributed by atoms with Crippen molar-refractivity contribution >= 4 is 16.0 Å². The molecule has 1 N–H and O–H groups in total. The Balaban J connectivity index is 2.30. The van der Waals surface area contributed by atoms with Crippen molar-refractivity contribution in [2.75, 3.05) is 26.7 Å². The zero-order valence-electron chi connectivity index (χ0n) is 11.3. The van der Waals surface area contributed by atoms with Crippen molar-refractivity contribution in [2.45, 2.75) is 26.8 Å². The fourth-order valence-corrected chi connectivity index (χ4v) is 3.27. The van der Waals surface area contributed by atoms with Gasteiger partial charge in [-0.2, -0.15) is 12.7 Å². The van der Waals surface area contributed by atoms with Crippen molar-refractivity contribution < 1.29 is 8.42 Å². The fourth-order valence-electron chi connectivity index (χ4n) is 2.39. The summed E-state index contributed by atoms with van der Waals surface area (Å²) in [7, 11) is -1.90. The summed E-state index contributed by atoms with van der Waals surface area (Å²) >= 11 is 0. The molecule has 0 radical (unpaired) electrons. The zero-order chi connectivity index (χ0) is 13.5. The van der Waals surface area contributed by atoms with E-state index in [2.05, 4.69) is 14.6 Å². The first-order valence-corrected chi connectivity index (χ1v) is 7.51. The summed E-state index contributed by atoms with van der Waals surface area (Å²) in [5.41, 5.74) is 2.22. The topological polar surface area (TPSA) is 65.0 Å². The predicted octanol–water partition coefficient (Wildman–Crippen LogP) is 0.163. The number of nitrogens with zero attached hydrogens (tertiary/aromatic N) is 3. The van der Waals surface area contributed by atoms with Gasteiger partial charge in [-0.1, -0.05) is 0 Å². The highest BCUT2D eigenvalue weighted by molar-refractivity contribution is 7.87. The smallest absolute Gasteiger partial charge is 0.279 e. The molecule has 2 rings (SSSR count). The largest absolute Gasteiger partial charge is 0.331 e. The first-order chi connectivity index (χ1) is 8.36. The lowest BCUT2D eigenvalue weighted by atomic mass is 10.0. The SMILES string of the molecule is CNS(=O)(=O)N1CCN2C(C)=NC(C)C(C)=C2C1. The maximum absolute atomic E-state index is 11.8. The molecule has 2 heterocycles. The van der Waals surface area contributed by atoms with Gasteiger partial charge in [0.05, 0.1) is 12.6 Å². The van der Waals surface area contributed by atoms with Crippen LogP contribution in [0.1, 0.15) is 20.8 Å². The Hall–Kier alpha value is -0.920. The van der Waals surface area contributed by atoms with Crippen LogP contribution < -0.4 is 4.72 Å². The van der Waals surface area contributed by atoms with Crippen molar-refractivity contribution in [3.63, 3.8) is 0 Å². The number of piperazine rings is 1. The highest BCUT2D eigenvalue weighted by Gasteiger charge is 2.33. The standard InChI is InChI=1S/C11H20N4O2S/c1-8-9(2)13-10(3)15-6-5-14(7-11(8)15)18(16,17)12-4/h9,12H,5-7H2,1-4H3. The molecule has 0 amide bonds. The van der Waals surface area contributed by atoms with Gasteiger partial charge in [0.25, 0.3) is 10.2 Å². The monoisotopic (exact) mass is 272 g/mol. The van der Waals surface area contributed by atoms with Gasteiger partial charge in [0.15, 0.2) is 0 Å². The summed E-state index contributed by atoms with van der Waals surface area (Å²) in [5, 5.41) is 0. The Morgan fingerprint density at radius 1 is 1.33 bits per heavy atom. The van der Waals surface area contributed by atoms with Crippen molar-refractivity contribution in [3.05, 3.63) is 11.3 Å². The van der Waals surface area contributed by atoms with E-state index >= 15 is 0 Å². The molecule has 0 aromatic carbocycles. The molecule has 6 nitrogen and oxygen atoms in total. The van der Waals surface area contributed by atoms with Gasteiger partial charge in [-0.15, -0.1) is 0 Å². The second-order valence-corrected chi connectivity index (χ2v) is 6.55. The number of hydrogen-bond acceptors (Lipinski definition) is 4. The summed E-state index contributed by atoms with van der Waals surface area (Å²) in [4.78, 5) is 6.68. The van der Waals surface area contributed by atoms with Crippen LogP contribution in [0.5, 0.6) is 0 Å². The predicted molar refractivity (Wildman–Crippen MR) is 71.5 cm³/mol. The van der Waals surface area contributed by atoms with Gasteiger partial charge >= 0.3 is 0 Å². The van der Waals surface area contributed by atoms with Crippen molar-refractivity contribution in [3.8, 4) is 0 Å². The molecule has 1 saturated heterocycles. The average Bonchev–Trinajstić information content (AvgIpc) is 2.35. The molecule has 1 atom stereocenters. The quantitative estimate of drug-likeness (QED) is 0.779. The molecule has 18 heavy (non-hydrogen) atoms. The molecule has 0 spiro atoms. The molecule has 0 saturated carbocycles. The lowest BCUT2D eigenvalue weighted by Gasteiger charge is -2.41. The Kier molecular flexibility index (Phi) is 3.48. The number of aliphatic imine (C=N–C) groups is 1. The van der Waals surface area contributed by atoms with Crippen molar-refractivity contribution in [1.29, 1.82) is 0 Å². The third-order valence-electron chi connectivity index (χ3n) is 3.68. The molecular weight excluding hydrogens is 252 g/mol. The van der Waals surface area contributed by atoms with E-state index < -0.39 is 10.2 Å². The summed E-state index contributed by atoms with van der Waals surface area (Å²) in [5.74, 6) is 0.976. The van der Waals surface area contributed by atoms with Gasteiger partial charge in [-0.3, -0.25) is 4.99 Å². The van der Waals surface area contributed by atoms with Crippen molar-refractivity contribution in [1.82, 2.24) is 13.9 Å². The van der Waals surface area contributed by atoms with Crippen molar-refractivity contribution in [2.24, 2.45) is 4.99 Å². The minimum atomic E-state index is -3.35. The molecule has 2 aliphatic rings. The van der Waals surface area contributed by atoms with E-state index in [1.165, 1.54) is 11.4 Å².